The quantitative estimate of drug-likeness (QED) is 0.0833. The van der Waals surface area contributed by atoms with Crippen LogP contribution in [0.15, 0.2) is 84.9 Å². The molecule has 0 saturated carbocycles. The van der Waals surface area contributed by atoms with Crippen LogP contribution in [-0.4, -0.2) is 23.9 Å². The van der Waals surface area contributed by atoms with E-state index in [2.05, 4.69) is 60.6 Å². The maximum Gasteiger partial charge on any atom is 0.128 e. The third-order valence-corrected chi connectivity index (χ3v) is 10.5. The van der Waals surface area contributed by atoms with Gasteiger partial charge in [0.25, 0.3) is 0 Å². The number of unbranched alkanes of at least 4 members (excludes halogenated alkanes) is 15. The molecule has 0 bridgehead atoms. The molecule has 0 unspecified atom stereocenters. The van der Waals surface area contributed by atoms with E-state index in [0.717, 1.165) is 51.3 Å². The second kappa shape index (κ2) is 23.9. The molecule has 0 aliphatic carbocycles. The molecule has 0 saturated heterocycles. The summed E-state index contributed by atoms with van der Waals surface area (Å²) in [6.07, 6.45) is 21.9. The average Bonchev–Trinajstić information content (AvgIpc) is 3.16. The standard InChI is InChI=1S/C36H50O2.C15H24O2/c1-2-3-4-5-6-7-8-9-10-11-12-13-14-15-16-23-30-38-34-29-28-33(37)35(31-24-19-17-20-25-31)36(34)32-26-21-18-22-27-32;1-14(2,3)11-8-10(17-7)9-12(13(11)16)15(4,5)6/h17-22,24-29,37H,2-16,23,30H2,1H3;8-9,16H,1-7H3. The van der Waals surface area contributed by atoms with Gasteiger partial charge in [0, 0.05) is 22.3 Å². The zero-order valence-electron chi connectivity index (χ0n) is 35.8. The normalized spacial score (nSPS) is 11.6. The number of phenols is 2. The van der Waals surface area contributed by atoms with Crippen molar-refractivity contribution in [2.75, 3.05) is 13.7 Å². The van der Waals surface area contributed by atoms with Crippen molar-refractivity contribution in [2.45, 2.75) is 162 Å². The highest BCUT2D eigenvalue weighted by Gasteiger charge is 2.26. The smallest absolute Gasteiger partial charge is 0.128 e. The molecule has 4 nitrogen and oxygen atoms in total. The number of benzene rings is 4. The van der Waals surface area contributed by atoms with Crippen LogP contribution >= 0.6 is 0 Å². The van der Waals surface area contributed by atoms with E-state index in [-0.39, 0.29) is 16.6 Å². The predicted octanol–water partition coefficient (Wildman–Crippen LogP) is 15.4. The lowest BCUT2D eigenvalue weighted by Gasteiger charge is -2.27. The lowest BCUT2D eigenvalue weighted by Crippen LogP contribution is -2.17. The monoisotopic (exact) mass is 751 g/mol. The molecule has 2 N–H and O–H groups in total. The van der Waals surface area contributed by atoms with Crippen molar-refractivity contribution in [3.63, 3.8) is 0 Å². The molecule has 0 spiro atoms. The van der Waals surface area contributed by atoms with E-state index in [1.165, 1.54) is 96.3 Å². The summed E-state index contributed by atoms with van der Waals surface area (Å²) >= 11 is 0. The van der Waals surface area contributed by atoms with E-state index in [9.17, 15) is 10.2 Å². The van der Waals surface area contributed by atoms with Gasteiger partial charge in [0.1, 0.15) is 23.0 Å². The second-order valence-corrected chi connectivity index (χ2v) is 17.3. The molecule has 0 aliphatic rings. The van der Waals surface area contributed by atoms with Crippen molar-refractivity contribution in [1.29, 1.82) is 0 Å². The topological polar surface area (TPSA) is 58.9 Å². The van der Waals surface area contributed by atoms with Crippen molar-refractivity contribution in [3.8, 4) is 45.3 Å². The molecule has 0 atom stereocenters. The second-order valence-electron chi connectivity index (χ2n) is 17.3. The molecule has 4 aromatic carbocycles. The first-order valence-corrected chi connectivity index (χ1v) is 21.4. The Morgan fingerprint density at radius 1 is 0.491 bits per heavy atom. The minimum Gasteiger partial charge on any atom is -0.507 e. The Labute approximate surface area is 335 Å². The van der Waals surface area contributed by atoms with Gasteiger partial charge in [-0.2, -0.15) is 0 Å². The Morgan fingerprint density at radius 3 is 1.29 bits per heavy atom. The first-order chi connectivity index (χ1) is 26.4. The van der Waals surface area contributed by atoms with E-state index in [4.69, 9.17) is 9.47 Å². The number of hydrogen-bond donors (Lipinski definition) is 2. The largest absolute Gasteiger partial charge is 0.507 e. The molecular weight excluding hydrogens is 677 g/mol. The molecule has 0 amide bonds. The van der Waals surface area contributed by atoms with E-state index < -0.39 is 0 Å². The molecule has 0 radical (unpaired) electrons. The molecule has 4 heteroatoms. The SMILES string of the molecule is CCCCCCCCCCCCCCCCCCOc1ccc(O)c(-c2ccccc2)c1-c1ccccc1.COc1cc(C(C)(C)C)c(O)c(C(C)(C)C)c1. The van der Waals surface area contributed by atoms with Gasteiger partial charge in [0.2, 0.25) is 0 Å². The summed E-state index contributed by atoms with van der Waals surface area (Å²) in [5.74, 6) is 2.32. The molecule has 0 aliphatic heterocycles. The fraction of sp³-hybridized carbons (Fsp3) is 0.529. The van der Waals surface area contributed by atoms with Crippen LogP contribution in [0, 0.1) is 0 Å². The van der Waals surface area contributed by atoms with Gasteiger partial charge in [0.05, 0.1) is 13.7 Å². The van der Waals surface area contributed by atoms with Gasteiger partial charge in [-0.25, -0.2) is 0 Å². The molecule has 4 rings (SSSR count). The zero-order chi connectivity index (χ0) is 40.1. The van der Waals surface area contributed by atoms with E-state index in [1.54, 1.807) is 13.2 Å². The molecule has 0 aromatic heterocycles. The van der Waals surface area contributed by atoms with Gasteiger partial charge < -0.3 is 19.7 Å². The van der Waals surface area contributed by atoms with Gasteiger partial charge in [0.15, 0.2) is 0 Å². The highest BCUT2D eigenvalue weighted by atomic mass is 16.5. The van der Waals surface area contributed by atoms with Crippen LogP contribution in [-0.2, 0) is 10.8 Å². The highest BCUT2D eigenvalue weighted by Crippen LogP contribution is 2.45. The Hall–Kier alpha value is -3.92. The van der Waals surface area contributed by atoms with Crippen molar-refractivity contribution >= 4 is 0 Å². The summed E-state index contributed by atoms with van der Waals surface area (Å²) in [5, 5.41) is 21.2. The maximum atomic E-state index is 10.8. The lowest BCUT2D eigenvalue weighted by molar-refractivity contribution is 0.305. The van der Waals surface area contributed by atoms with Crippen molar-refractivity contribution in [2.24, 2.45) is 0 Å². The van der Waals surface area contributed by atoms with Gasteiger partial charge in [-0.15, -0.1) is 0 Å². The third-order valence-electron chi connectivity index (χ3n) is 10.5. The van der Waals surface area contributed by atoms with Crippen LogP contribution in [0.2, 0.25) is 0 Å². The van der Waals surface area contributed by atoms with E-state index in [1.807, 2.05) is 66.7 Å². The first-order valence-electron chi connectivity index (χ1n) is 21.4. The summed E-state index contributed by atoms with van der Waals surface area (Å²) in [7, 11) is 1.66. The summed E-state index contributed by atoms with van der Waals surface area (Å²) in [4.78, 5) is 0. The van der Waals surface area contributed by atoms with Gasteiger partial charge in [-0.3, -0.25) is 0 Å². The molecule has 55 heavy (non-hydrogen) atoms. The zero-order valence-corrected chi connectivity index (χ0v) is 35.8. The molecule has 0 heterocycles. The van der Waals surface area contributed by atoms with E-state index in [0.29, 0.717) is 12.4 Å². The molecular formula is C51H74O4. The molecule has 302 valence electrons. The first kappa shape index (κ1) is 45.5. The van der Waals surface area contributed by atoms with Crippen LogP contribution in [0.25, 0.3) is 22.3 Å². The van der Waals surface area contributed by atoms with Crippen LogP contribution in [0.5, 0.6) is 23.0 Å². The Bertz CT molecular complexity index is 1590. The van der Waals surface area contributed by atoms with Crippen molar-refractivity contribution in [1.82, 2.24) is 0 Å². The fourth-order valence-corrected chi connectivity index (χ4v) is 7.18. The van der Waals surface area contributed by atoms with Crippen LogP contribution in [0.3, 0.4) is 0 Å². The number of aromatic hydroxyl groups is 2. The Morgan fingerprint density at radius 2 is 0.891 bits per heavy atom. The Kier molecular flexibility index (Phi) is 19.7. The minimum absolute atomic E-state index is 0.0986. The van der Waals surface area contributed by atoms with Crippen molar-refractivity contribution < 1.29 is 19.7 Å². The number of rotatable bonds is 21. The maximum absolute atomic E-state index is 10.8. The summed E-state index contributed by atoms with van der Waals surface area (Å²) in [6, 6.07) is 27.9. The van der Waals surface area contributed by atoms with Gasteiger partial charge >= 0.3 is 0 Å². The molecule has 4 aromatic rings. The summed E-state index contributed by atoms with van der Waals surface area (Å²) < 4.78 is 11.6. The van der Waals surface area contributed by atoms with Gasteiger partial charge in [-0.05, 0) is 52.6 Å². The van der Waals surface area contributed by atoms with E-state index >= 15 is 0 Å². The van der Waals surface area contributed by atoms with Crippen LogP contribution in [0.4, 0.5) is 0 Å². The number of methoxy groups -OCH3 is 1. The van der Waals surface area contributed by atoms with Crippen LogP contribution < -0.4 is 9.47 Å². The van der Waals surface area contributed by atoms with Crippen LogP contribution in [0.1, 0.15) is 162 Å². The highest BCUT2D eigenvalue weighted by molar-refractivity contribution is 5.91. The minimum atomic E-state index is -0.0986. The fourth-order valence-electron chi connectivity index (χ4n) is 7.18. The Balaban J connectivity index is 0.000000399. The predicted molar refractivity (Wildman–Crippen MR) is 236 cm³/mol. The summed E-state index contributed by atoms with van der Waals surface area (Å²) in [6.45, 7) is 15.5. The summed E-state index contributed by atoms with van der Waals surface area (Å²) in [5.41, 5.74) is 5.52. The lowest BCUT2D eigenvalue weighted by atomic mass is 9.79. The number of ether oxygens (including phenoxy) is 2. The number of phenolic OH excluding ortho intramolecular Hbond substituents is 2. The van der Waals surface area contributed by atoms with Crippen molar-refractivity contribution in [3.05, 3.63) is 96.1 Å². The van der Waals surface area contributed by atoms with Gasteiger partial charge in [-0.1, -0.05) is 205 Å². The average molecular weight is 751 g/mol. The molecule has 0 fully saturated rings. The number of hydrogen-bond acceptors (Lipinski definition) is 4. The third kappa shape index (κ3) is 15.6.